The van der Waals surface area contributed by atoms with Crippen molar-refractivity contribution in [3.05, 3.63) is 54.5 Å². The van der Waals surface area contributed by atoms with Crippen molar-refractivity contribution in [1.29, 1.82) is 0 Å². The van der Waals surface area contributed by atoms with Crippen molar-refractivity contribution < 1.29 is 9.53 Å². The number of nitrogens with one attached hydrogen (secondary N) is 1. The van der Waals surface area contributed by atoms with Crippen molar-refractivity contribution in [2.45, 2.75) is 26.4 Å². The fraction of sp³-hybridized carbons (Fsp3) is 0.278. The average Bonchev–Trinajstić information content (AvgIpc) is 3.14. The molecule has 0 aliphatic heterocycles. The van der Waals surface area contributed by atoms with Gasteiger partial charge < -0.3 is 10.1 Å². The van der Waals surface area contributed by atoms with Crippen LogP contribution in [0.25, 0.3) is 11.1 Å². The molecule has 0 fully saturated rings. The summed E-state index contributed by atoms with van der Waals surface area (Å²) in [5.41, 5.74) is 2.95. The lowest BCUT2D eigenvalue weighted by Gasteiger charge is -2.15. The van der Waals surface area contributed by atoms with Crippen LogP contribution in [-0.2, 0) is 6.54 Å². The minimum absolute atomic E-state index is 0.0933. The lowest BCUT2D eigenvalue weighted by atomic mass is 10.0. The third-order valence-electron chi connectivity index (χ3n) is 3.91. The molecule has 3 aromatic rings. The molecule has 1 amide bonds. The summed E-state index contributed by atoms with van der Waals surface area (Å²) >= 11 is 0. The van der Waals surface area contributed by atoms with Gasteiger partial charge in [0.1, 0.15) is 19.0 Å². The number of hydrogen-bond acceptors (Lipinski definition) is 6. The Balaban J connectivity index is 1.80. The molecule has 1 aromatic carbocycles. The number of carbonyl (C=O) groups is 1. The topological polar surface area (TPSA) is 94.8 Å². The Bertz CT molecular complexity index is 894. The zero-order chi connectivity index (χ0) is 18.5. The number of methoxy groups -OCH3 is 1. The van der Waals surface area contributed by atoms with Crippen molar-refractivity contribution in [2.75, 3.05) is 7.11 Å². The van der Waals surface area contributed by atoms with Gasteiger partial charge in [0.2, 0.25) is 5.88 Å². The third kappa shape index (κ3) is 3.85. The van der Waals surface area contributed by atoms with E-state index < -0.39 is 0 Å². The number of aryl methyl sites for hydroxylation is 1. The molecule has 0 spiro atoms. The number of rotatable bonds is 6. The molecule has 0 bridgehead atoms. The number of carbonyl (C=O) groups excluding carboxylic acids is 1. The minimum Gasteiger partial charge on any atom is -0.480 e. The normalized spacial score (nSPS) is 11.8. The fourth-order valence-corrected chi connectivity index (χ4v) is 2.72. The van der Waals surface area contributed by atoms with Gasteiger partial charge in [0, 0.05) is 11.6 Å². The van der Waals surface area contributed by atoms with Crippen molar-refractivity contribution in [1.82, 2.24) is 30.0 Å². The highest BCUT2D eigenvalue weighted by Gasteiger charge is 2.15. The van der Waals surface area contributed by atoms with E-state index in [0.717, 1.165) is 16.8 Å². The van der Waals surface area contributed by atoms with E-state index in [1.807, 2.05) is 32.0 Å². The van der Waals surface area contributed by atoms with Crippen LogP contribution in [0, 0.1) is 6.92 Å². The number of amides is 1. The zero-order valence-electron chi connectivity index (χ0n) is 14.9. The quantitative estimate of drug-likeness (QED) is 0.728. The van der Waals surface area contributed by atoms with E-state index in [-0.39, 0.29) is 11.9 Å². The number of hydrogen-bond donors (Lipinski definition) is 1. The second-order valence-corrected chi connectivity index (χ2v) is 5.92. The SMILES string of the molecule is COc1ncnc(C)c1-c1cccc(C(=O)NC(C)Cn2cncn2)c1. The third-order valence-corrected chi connectivity index (χ3v) is 3.91. The minimum atomic E-state index is -0.159. The molecular formula is C18H20N6O2. The Morgan fingerprint density at radius 3 is 2.88 bits per heavy atom. The van der Waals surface area contributed by atoms with Gasteiger partial charge in [-0.15, -0.1) is 0 Å². The van der Waals surface area contributed by atoms with Gasteiger partial charge in [-0.3, -0.25) is 9.48 Å². The monoisotopic (exact) mass is 352 g/mol. The van der Waals surface area contributed by atoms with E-state index >= 15 is 0 Å². The summed E-state index contributed by atoms with van der Waals surface area (Å²) in [6, 6.07) is 7.23. The van der Waals surface area contributed by atoms with Gasteiger partial charge in [0.15, 0.2) is 0 Å². The first kappa shape index (κ1) is 17.5. The Labute approximate surface area is 151 Å². The second kappa shape index (κ2) is 7.73. The maximum absolute atomic E-state index is 12.6. The first-order valence-electron chi connectivity index (χ1n) is 8.17. The maximum Gasteiger partial charge on any atom is 0.251 e. The smallest absolute Gasteiger partial charge is 0.251 e. The van der Waals surface area contributed by atoms with Crippen LogP contribution in [0.1, 0.15) is 23.0 Å². The molecule has 2 heterocycles. The van der Waals surface area contributed by atoms with Crippen LogP contribution in [0.5, 0.6) is 5.88 Å². The van der Waals surface area contributed by atoms with Gasteiger partial charge >= 0.3 is 0 Å². The molecule has 0 saturated heterocycles. The van der Waals surface area contributed by atoms with Crippen LogP contribution >= 0.6 is 0 Å². The molecule has 0 radical (unpaired) electrons. The summed E-state index contributed by atoms with van der Waals surface area (Å²) in [5.74, 6) is 0.322. The van der Waals surface area contributed by atoms with Crippen LogP contribution in [0.2, 0.25) is 0 Å². The maximum atomic E-state index is 12.6. The second-order valence-electron chi connectivity index (χ2n) is 5.92. The highest BCUT2D eigenvalue weighted by Crippen LogP contribution is 2.30. The summed E-state index contributed by atoms with van der Waals surface area (Å²) < 4.78 is 7.01. The summed E-state index contributed by atoms with van der Waals surface area (Å²) in [6.07, 6.45) is 4.55. The number of ether oxygens (including phenoxy) is 1. The van der Waals surface area contributed by atoms with Gasteiger partial charge in [0.25, 0.3) is 5.91 Å². The standard InChI is InChI=1S/C18H20N6O2/c1-12(8-24-11-19-9-22-24)23-17(25)15-6-4-5-14(7-15)16-13(2)20-10-21-18(16)26-3/h4-7,9-12H,8H2,1-3H3,(H,23,25). The largest absolute Gasteiger partial charge is 0.480 e. The molecule has 8 nitrogen and oxygen atoms in total. The predicted molar refractivity (Wildman–Crippen MR) is 95.7 cm³/mol. The molecule has 1 atom stereocenters. The molecule has 1 N–H and O–H groups in total. The lowest BCUT2D eigenvalue weighted by molar-refractivity contribution is 0.0936. The van der Waals surface area contributed by atoms with E-state index in [9.17, 15) is 4.79 Å². The highest BCUT2D eigenvalue weighted by atomic mass is 16.5. The molecule has 134 valence electrons. The molecule has 0 aliphatic carbocycles. The first-order chi connectivity index (χ1) is 12.6. The molecule has 26 heavy (non-hydrogen) atoms. The zero-order valence-corrected chi connectivity index (χ0v) is 14.9. The molecular weight excluding hydrogens is 332 g/mol. The van der Waals surface area contributed by atoms with Crippen LogP contribution in [0.4, 0.5) is 0 Å². The van der Waals surface area contributed by atoms with E-state index in [1.165, 1.54) is 12.7 Å². The molecule has 2 aromatic heterocycles. The fourth-order valence-electron chi connectivity index (χ4n) is 2.72. The van der Waals surface area contributed by atoms with Crippen LogP contribution < -0.4 is 10.1 Å². The number of benzene rings is 1. The van der Waals surface area contributed by atoms with Crippen LogP contribution in [0.15, 0.2) is 43.2 Å². The van der Waals surface area contributed by atoms with Gasteiger partial charge in [-0.25, -0.2) is 15.0 Å². The van der Waals surface area contributed by atoms with E-state index in [0.29, 0.717) is 18.0 Å². The van der Waals surface area contributed by atoms with Crippen LogP contribution in [-0.4, -0.2) is 43.8 Å². The van der Waals surface area contributed by atoms with Gasteiger partial charge in [-0.05, 0) is 31.5 Å². The van der Waals surface area contributed by atoms with E-state index in [4.69, 9.17) is 4.74 Å². The lowest BCUT2D eigenvalue weighted by Crippen LogP contribution is -2.35. The summed E-state index contributed by atoms with van der Waals surface area (Å²) in [6.45, 7) is 4.35. The van der Waals surface area contributed by atoms with Gasteiger partial charge in [-0.2, -0.15) is 5.10 Å². The van der Waals surface area contributed by atoms with Crippen molar-refractivity contribution in [3.63, 3.8) is 0 Å². The van der Waals surface area contributed by atoms with Gasteiger partial charge in [0.05, 0.1) is 24.9 Å². The summed E-state index contributed by atoms with van der Waals surface area (Å²) in [4.78, 5) is 24.9. The predicted octanol–water partition coefficient (Wildman–Crippen LogP) is 1.87. The summed E-state index contributed by atoms with van der Waals surface area (Å²) in [7, 11) is 1.56. The van der Waals surface area contributed by atoms with Gasteiger partial charge in [-0.1, -0.05) is 12.1 Å². The van der Waals surface area contributed by atoms with Crippen LogP contribution in [0.3, 0.4) is 0 Å². The van der Waals surface area contributed by atoms with E-state index in [1.54, 1.807) is 24.2 Å². The highest BCUT2D eigenvalue weighted by molar-refractivity contribution is 5.95. The van der Waals surface area contributed by atoms with Crippen molar-refractivity contribution in [2.24, 2.45) is 0 Å². The van der Waals surface area contributed by atoms with Crippen molar-refractivity contribution >= 4 is 5.91 Å². The average molecular weight is 352 g/mol. The number of nitrogens with zero attached hydrogens (tertiary/aromatic N) is 5. The molecule has 0 saturated carbocycles. The Morgan fingerprint density at radius 2 is 2.15 bits per heavy atom. The Kier molecular flexibility index (Phi) is 5.21. The summed E-state index contributed by atoms with van der Waals surface area (Å²) in [5, 5.41) is 7.01. The Hall–Kier alpha value is -3.29. The molecule has 1 unspecified atom stereocenters. The molecule has 3 rings (SSSR count). The van der Waals surface area contributed by atoms with Crippen molar-refractivity contribution in [3.8, 4) is 17.0 Å². The van der Waals surface area contributed by atoms with E-state index in [2.05, 4.69) is 25.4 Å². The molecule has 8 heteroatoms. The molecule has 0 aliphatic rings. The Morgan fingerprint density at radius 1 is 1.31 bits per heavy atom. The number of aromatic nitrogens is 5. The first-order valence-corrected chi connectivity index (χ1v) is 8.17.